The van der Waals surface area contributed by atoms with Crippen molar-refractivity contribution < 1.29 is 36.3 Å². The molecule has 15 heteroatoms. The molecular formula is C33H24ClF5N6O3. The van der Waals surface area contributed by atoms with Gasteiger partial charge in [0.1, 0.15) is 29.9 Å². The summed E-state index contributed by atoms with van der Waals surface area (Å²) in [7, 11) is 0. The Balaban J connectivity index is 1.38. The number of nitrogens with one attached hydrogen (secondary N) is 2. The van der Waals surface area contributed by atoms with Gasteiger partial charge in [0.2, 0.25) is 5.91 Å². The molecule has 4 aromatic rings. The van der Waals surface area contributed by atoms with Crippen LogP contribution in [0.5, 0.6) is 0 Å². The van der Waals surface area contributed by atoms with Gasteiger partial charge in [-0.15, -0.1) is 0 Å². The first-order chi connectivity index (χ1) is 22.8. The monoisotopic (exact) mass is 682 g/mol. The highest BCUT2D eigenvalue weighted by atomic mass is 35.5. The molecule has 2 N–H and O–H groups in total. The normalized spacial score (nSPS) is 16.2. The summed E-state index contributed by atoms with van der Waals surface area (Å²) in [4.78, 5) is 43.8. The van der Waals surface area contributed by atoms with Crippen molar-refractivity contribution in [1.82, 2.24) is 14.8 Å². The molecule has 2 aliphatic rings. The van der Waals surface area contributed by atoms with Crippen molar-refractivity contribution in [2.45, 2.75) is 18.8 Å². The zero-order chi connectivity index (χ0) is 34.3. The third-order valence-electron chi connectivity index (χ3n) is 8.17. The molecule has 1 unspecified atom stereocenters. The van der Waals surface area contributed by atoms with Crippen LogP contribution in [-0.2, 0) is 17.5 Å². The lowest BCUT2D eigenvalue weighted by molar-refractivity contribution is -0.137. The number of carbonyl (C=O) groups excluding carboxylic acids is 3. The van der Waals surface area contributed by atoms with Gasteiger partial charge in [0.05, 0.1) is 34.2 Å². The number of anilines is 2. The van der Waals surface area contributed by atoms with Gasteiger partial charge in [-0.2, -0.15) is 18.4 Å². The van der Waals surface area contributed by atoms with Gasteiger partial charge in [-0.05, 0) is 54.6 Å². The number of alkyl halides is 3. The summed E-state index contributed by atoms with van der Waals surface area (Å²) in [5.41, 5.74) is -0.760. The predicted molar refractivity (Wildman–Crippen MR) is 164 cm³/mol. The maximum Gasteiger partial charge on any atom is 0.416 e. The third kappa shape index (κ3) is 6.28. The van der Waals surface area contributed by atoms with Crippen molar-refractivity contribution in [3.8, 4) is 6.07 Å². The van der Waals surface area contributed by atoms with E-state index < -0.39 is 52.7 Å². The Morgan fingerprint density at radius 2 is 1.69 bits per heavy atom. The number of hydrogen-bond donors (Lipinski definition) is 2. The first-order valence-corrected chi connectivity index (χ1v) is 14.9. The number of nitriles is 1. The van der Waals surface area contributed by atoms with Gasteiger partial charge in [-0.25, -0.2) is 8.78 Å². The molecule has 48 heavy (non-hydrogen) atoms. The zero-order valence-corrected chi connectivity index (χ0v) is 25.5. The number of carbonyl (C=O) groups is 3. The molecular weight excluding hydrogens is 659 g/mol. The standard InChI is InChI=1S/C33H24ClF5N6O3/c34-24-6-5-21(35)14-23(24)29-30-25(41-31(47)19-11-20(33(37,38)39)13-22(36)12-19)15-27(45(30)17-28(46)42-29)32(48)44-9-7-43(8-10-44)26-4-2-1-3-18(26)16-40/h1-6,11-15,29H,7-10,17H2,(H,41,47)(H,42,46). The number of halogens is 6. The van der Waals surface area contributed by atoms with E-state index in [1.165, 1.54) is 21.6 Å². The molecule has 1 saturated heterocycles. The Labute approximate surface area is 275 Å². The number of amides is 3. The SMILES string of the molecule is N#Cc1ccccc1N1CCN(C(=O)c2cc(NC(=O)c3cc(F)cc(C(F)(F)F)c3)c3n2CC(=O)NC3c2cc(F)ccc2Cl)CC1. The minimum absolute atomic E-state index is 0.0335. The van der Waals surface area contributed by atoms with Crippen molar-refractivity contribution in [3.05, 3.63) is 117 Å². The van der Waals surface area contributed by atoms with E-state index in [-0.39, 0.29) is 53.4 Å². The summed E-state index contributed by atoms with van der Waals surface area (Å²) in [6.45, 7) is 0.837. The van der Waals surface area contributed by atoms with Gasteiger partial charge in [0, 0.05) is 42.3 Å². The summed E-state index contributed by atoms with van der Waals surface area (Å²) in [6, 6.07) is 14.1. The molecule has 246 valence electrons. The number of hydrogen-bond acceptors (Lipinski definition) is 5. The van der Waals surface area contributed by atoms with Gasteiger partial charge >= 0.3 is 6.18 Å². The lowest BCUT2D eigenvalue weighted by Gasteiger charge is -2.36. The van der Waals surface area contributed by atoms with Crippen LogP contribution >= 0.6 is 11.6 Å². The van der Waals surface area contributed by atoms with Crippen LogP contribution in [0.3, 0.4) is 0 Å². The number of benzene rings is 3. The number of fused-ring (bicyclic) bond motifs is 1. The maximum absolute atomic E-state index is 14.4. The molecule has 1 fully saturated rings. The smallest absolute Gasteiger partial charge is 0.367 e. The topological polar surface area (TPSA) is 110 Å². The second-order valence-electron chi connectivity index (χ2n) is 11.2. The molecule has 0 radical (unpaired) electrons. The molecule has 3 heterocycles. The number of aromatic nitrogens is 1. The van der Waals surface area contributed by atoms with Gasteiger partial charge in [0.15, 0.2) is 0 Å². The number of rotatable bonds is 5. The van der Waals surface area contributed by atoms with Gasteiger partial charge in [-0.1, -0.05) is 23.7 Å². The summed E-state index contributed by atoms with van der Waals surface area (Å²) < 4.78 is 70.1. The van der Waals surface area contributed by atoms with E-state index in [1.54, 1.807) is 24.3 Å². The van der Waals surface area contributed by atoms with E-state index in [0.29, 0.717) is 30.8 Å². The van der Waals surface area contributed by atoms with Crippen LogP contribution in [0.1, 0.15) is 49.3 Å². The Morgan fingerprint density at radius 3 is 2.40 bits per heavy atom. The highest BCUT2D eigenvalue weighted by Gasteiger charge is 2.37. The number of piperazine rings is 1. The van der Waals surface area contributed by atoms with Crippen LogP contribution in [0.2, 0.25) is 5.02 Å². The first kappa shape index (κ1) is 32.5. The lowest BCUT2D eigenvalue weighted by atomic mass is 10.0. The Kier molecular flexibility index (Phi) is 8.57. The fourth-order valence-electron chi connectivity index (χ4n) is 5.94. The predicted octanol–water partition coefficient (Wildman–Crippen LogP) is 5.74. The average molecular weight is 683 g/mol. The fourth-order valence-corrected chi connectivity index (χ4v) is 6.16. The highest BCUT2D eigenvalue weighted by molar-refractivity contribution is 6.31. The van der Waals surface area contributed by atoms with Crippen molar-refractivity contribution in [3.63, 3.8) is 0 Å². The van der Waals surface area contributed by atoms with Crippen molar-refractivity contribution >= 4 is 40.7 Å². The van der Waals surface area contributed by atoms with Crippen molar-refractivity contribution in [2.24, 2.45) is 0 Å². The minimum atomic E-state index is -4.93. The van der Waals surface area contributed by atoms with E-state index in [1.807, 2.05) is 4.90 Å². The molecule has 6 rings (SSSR count). The van der Waals surface area contributed by atoms with Crippen LogP contribution in [0.15, 0.2) is 66.7 Å². The summed E-state index contributed by atoms with van der Waals surface area (Å²) in [5.74, 6) is -4.19. The van der Waals surface area contributed by atoms with Crippen LogP contribution in [0.4, 0.5) is 33.3 Å². The van der Waals surface area contributed by atoms with E-state index in [0.717, 1.165) is 17.8 Å². The van der Waals surface area contributed by atoms with E-state index >= 15 is 0 Å². The molecule has 0 saturated carbocycles. The Morgan fingerprint density at radius 1 is 0.958 bits per heavy atom. The summed E-state index contributed by atoms with van der Waals surface area (Å²) in [5, 5.41) is 14.7. The van der Waals surface area contributed by atoms with Crippen LogP contribution in [0.25, 0.3) is 0 Å². The van der Waals surface area contributed by atoms with Gasteiger partial charge in [0.25, 0.3) is 11.8 Å². The molecule has 1 aromatic heterocycles. The van der Waals surface area contributed by atoms with Crippen LogP contribution < -0.4 is 15.5 Å². The van der Waals surface area contributed by atoms with Crippen LogP contribution in [0, 0.1) is 23.0 Å². The largest absolute Gasteiger partial charge is 0.416 e. The van der Waals surface area contributed by atoms with E-state index in [4.69, 9.17) is 11.6 Å². The maximum atomic E-state index is 14.4. The molecule has 1 atom stereocenters. The summed E-state index contributed by atoms with van der Waals surface area (Å²) >= 11 is 6.39. The lowest BCUT2D eigenvalue weighted by Crippen LogP contribution is -2.49. The fraction of sp³-hybridized carbons (Fsp3) is 0.212. The molecule has 0 bridgehead atoms. The van der Waals surface area contributed by atoms with Gasteiger partial charge in [-0.3, -0.25) is 14.4 Å². The first-order valence-electron chi connectivity index (χ1n) is 14.5. The molecule has 9 nitrogen and oxygen atoms in total. The molecule has 3 amide bonds. The molecule has 3 aromatic carbocycles. The Bertz CT molecular complexity index is 2000. The number of para-hydroxylation sites is 1. The highest BCUT2D eigenvalue weighted by Crippen LogP contribution is 2.38. The van der Waals surface area contributed by atoms with Crippen molar-refractivity contribution in [2.75, 3.05) is 36.4 Å². The second kappa shape index (κ2) is 12.6. The Hall–Kier alpha value is -5.42. The summed E-state index contributed by atoms with van der Waals surface area (Å²) in [6.07, 6.45) is -4.93. The number of nitrogens with zero attached hydrogens (tertiary/aromatic N) is 4. The molecule has 2 aliphatic heterocycles. The molecule has 0 aliphatic carbocycles. The minimum Gasteiger partial charge on any atom is -0.367 e. The van der Waals surface area contributed by atoms with E-state index in [9.17, 15) is 41.6 Å². The quantitative estimate of drug-likeness (QED) is 0.261. The van der Waals surface area contributed by atoms with Gasteiger partial charge < -0.3 is 25.0 Å². The third-order valence-corrected chi connectivity index (χ3v) is 8.52. The van der Waals surface area contributed by atoms with Crippen LogP contribution in [-0.4, -0.2) is 53.4 Å². The van der Waals surface area contributed by atoms with E-state index in [2.05, 4.69) is 16.7 Å². The molecule has 0 spiro atoms. The average Bonchev–Trinajstić information content (AvgIpc) is 3.42. The van der Waals surface area contributed by atoms with Crippen molar-refractivity contribution in [1.29, 1.82) is 5.26 Å². The second-order valence-corrected chi connectivity index (χ2v) is 11.6. The zero-order valence-electron chi connectivity index (χ0n) is 24.7.